The molecule has 0 saturated carbocycles. The van der Waals surface area contributed by atoms with Crippen LogP contribution in [0.5, 0.6) is 0 Å². The van der Waals surface area contributed by atoms with Gasteiger partial charge in [-0.25, -0.2) is 4.68 Å². The van der Waals surface area contributed by atoms with Gasteiger partial charge in [0, 0.05) is 23.1 Å². The molecule has 0 saturated heterocycles. The van der Waals surface area contributed by atoms with Crippen molar-refractivity contribution in [3.8, 4) is 0 Å². The summed E-state index contributed by atoms with van der Waals surface area (Å²) in [4.78, 5) is 25.3. The molecule has 5 nitrogen and oxygen atoms in total. The number of nitrogens with zero attached hydrogens (tertiary/aromatic N) is 2. The normalized spacial score (nSPS) is 13.4. The van der Waals surface area contributed by atoms with Crippen molar-refractivity contribution in [2.24, 2.45) is 0 Å². The second-order valence-corrected chi connectivity index (χ2v) is 6.75. The van der Waals surface area contributed by atoms with Crippen LogP contribution in [-0.4, -0.2) is 28.5 Å². The van der Waals surface area contributed by atoms with Gasteiger partial charge in [0.2, 0.25) is 0 Å². The molecule has 2 aromatic rings. The summed E-state index contributed by atoms with van der Waals surface area (Å²) in [6.07, 6.45) is 6.13. The molecule has 1 heterocycles. The van der Waals surface area contributed by atoms with Gasteiger partial charge in [0.15, 0.2) is 0 Å². The number of aryl methyl sites for hydroxylation is 2. The number of aromatic nitrogens is 2. The number of hydrogen-bond donors (Lipinski definition) is 1. The molecule has 1 aromatic heterocycles. The lowest BCUT2D eigenvalue weighted by atomic mass is 9.97. The maximum absolute atomic E-state index is 12.1. The van der Waals surface area contributed by atoms with Crippen LogP contribution in [0.1, 0.15) is 34.5 Å². The molecule has 1 aliphatic rings. The molecule has 0 fully saturated rings. The van der Waals surface area contributed by atoms with Gasteiger partial charge in [-0.05, 0) is 61.8 Å². The molecule has 0 bridgehead atoms. The number of carbonyl (C=O) groups excluding carboxylic acids is 1. The van der Waals surface area contributed by atoms with E-state index in [4.69, 9.17) is 0 Å². The molecule has 24 heavy (non-hydrogen) atoms. The van der Waals surface area contributed by atoms with Crippen molar-refractivity contribution in [3.05, 3.63) is 57.5 Å². The van der Waals surface area contributed by atoms with Gasteiger partial charge in [-0.15, -0.1) is 11.8 Å². The molecule has 1 aliphatic carbocycles. The summed E-state index contributed by atoms with van der Waals surface area (Å²) in [5, 5.41) is 7.30. The zero-order valence-electron chi connectivity index (χ0n) is 13.7. The predicted molar refractivity (Wildman–Crippen MR) is 95.7 cm³/mol. The topological polar surface area (TPSA) is 64.0 Å². The standard InChI is InChI=1S/C18H21N3O2S/c1-24-15-8-6-13(7-9-15)18(23)19-10-11-21-17(22)12-14-4-2-3-5-16(14)20-21/h6-9,12H,2-5,10-11H2,1H3,(H,19,23). The highest BCUT2D eigenvalue weighted by molar-refractivity contribution is 7.98. The number of fused-ring (bicyclic) bond motifs is 1. The van der Waals surface area contributed by atoms with Crippen molar-refractivity contribution < 1.29 is 4.79 Å². The number of thioether (sulfide) groups is 1. The van der Waals surface area contributed by atoms with E-state index in [1.165, 1.54) is 4.68 Å². The minimum absolute atomic E-state index is 0.0887. The van der Waals surface area contributed by atoms with E-state index in [0.29, 0.717) is 18.7 Å². The van der Waals surface area contributed by atoms with E-state index in [1.54, 1.807) is 17.8 Å². The lowest BCUT2D eigenvalue weighted by Gasteiger charge is -2.16. The maximum Gasteiger partial charge on any atom is 0.267 e. The van der Waals surface area contributed by atoms with Gasteiger partial charge in [-0.3, -0.25) is 9.59 Å². The highest BCUT2D eigenvalue weighted by atomic mass is 32.2. The van der Waals surface area contributed by atoms with Crippen LogP contribution in [0.3, 0.4) is 0 Å². The summed E-state index contributed by atoms with van der Waals surface area (Å²) >= 11 is 1.64. The van der Waals surface area contributed by atoms with Crippen molar-refractivity contribution in [1.29, 1.82) is 0 Å². The van der Waals surface area contributed by atoms with E-state index < -0.39 is 0 Å². The summed E-state index contributed by atoms with van der Waals surface area (Å²) in [7, 11) is 0. The summed E-state index contributed by atoms with van der Waals surface area (Å²) in [5.74, 6) is -0.131. The first-order valence-electron chi connectivity index (χ1n) is 8.19. The molecule has 3 rings (SSSR count). The van der Waals surface area contributed by atoms with Crippen LogP contribution < -0.4 is 10.9 Å². The summed E-state index contributed by atoms with van der Waals surface area (Å²) in [6, 6.07) is 9.17. The van der Waals surface area contributed by atoms with Gasteiger partial charge in [0.1, 0.15) is 0 Å². The minimum atomic E-state index is -0.131. The van der Waals surface area contributed by atoms with Gasteiger partial charge < -0.3 is 5.32 Å². The monoisotopic (exact) mass is 343 g/mol. The third-order valence-corrected chi connectivity index (χ3v) is 4.98. The van der Waals surface area contributed by atoms with Crippen molar-refractivity contribution in [2.45, 2.75) is 37.1 Å². The zero-order chi connectivity index (χ0) is 16.9. The van der Waals surface area contributed by atoms with Crippen molar-refractivity contribution in [2.75, 3.05) is 12.8 Å². The van der Waals surface area contributed by atoms with Gasteiger partial charge in [-0.2, -0.15) is 5.10 Å². The van der Waals surface area contributed by atoms with Gasteiger partial charge in [0.05, 0.1) is 12.2 Å². The van der Waals surface area contributed by atoms with Crippen molar-refractivity contribution in [1.82, 2.24) is 15.1 Å². The van der Waals surface area contributed by atoms with Crippen LogP contribution in [0.15, 0.2) is 40.0 Å². The van der Waals surface area contributed by atoms with Crippen LogP contribution in [0, 0.1) is 0 Å². The number of rotatable bonds is 5. The number of carbonyl (C=O) groups is 1. The third-order valence-electron chi connectivity index (χ3n) is 4.24. The number of hydrogen-bond acceptors (Lipinski definition) is 4. The van der Waals surface area contributed by atoms with E-state index >= 15 is 0 Å². The Bertz CT molecular complexity index is 784. The van der Waals surface area contributed by atoms with Gasteiger partial charge in [0.25, 0.3) is 11.5 Å². The Labute approximate surface area is 145 Å². The molecule has 0 atom stereocenters. The van der Waals surface area contributed by atoms with E-state index in [0.717, 1.165) is 41.8 Å². The zero-order valence-corrected chi connectivity index (χ0v) is 14.6. The van der Waals surface area contributed by atoms with Gasteiger partial charge in [-0.1, -0.05) is 0 Å². The molecule has 126 valence electrons. The quantitative estimate of drug-likeness (QED) is 0.846. The predicted octanol–water partition coefficient (Wildman–Crippen LogP) is 2.27. The van der Waals surface area contributed by atoms with Crippen LogP contribution in [-0.2, 0) is 19.4 Å². The fourth-order valence-corrected chi connectivity index (χ4v) is 3.29. The highest BCUT2D eigenvalue weighted by Crippen LogP contribution is 2.17. The smallest absolute Gasteiger partial charge is 0.267 e. The Kier molecular flexibility index (Phi) is 5.35. The molecule has 0 aliphatic heterocycles. The first kappa shape index (κ1) is 16.8. The average Bonchev–Trinajstić information content (AvgIpc) is 2.62. The summed E-state index contributed by atoms with van der Waals surface area (Å²) < 4.78 is 1.46. The summed E-state index contributed by atoms with van der Waals surface area (Å²) in [6.45, 7) is 0.773. The number of benzene rings is 1. The SMILES string of the molecule is CSc1ccc(C(=O)NCCn2nc3c(cc2=O)CCCC3)cc1. The molecule has 0 spiro atoms. The van der Waals surface area contributed by atoms with Crippen LogP contribution >= 0.6 is 11.8 Å². The Morgan fingerprint density at radius 3 is 2.75 bits per heavy atom. The summed E-state index contributed by atoms with van der Waals surface area (Å²) in [5.41, 5.74) is 2.65. The van der Waals surface area contributed by atoms with E-state index in [9.17, 15) is 9.59 Å². The van der Waals surface area contributed by atoms with E-state index in [2.05, 4.69) is 10.4 Å². The molecular formula is C18H21N3O2S. The molecule has 6 heteroatoms. The lowest BCUT2D eigenvalue weighted by Crippen LogP contribution is -2.33. The average molecular weight is 343 g/mol. The Morgan fingerprint density at radius 2 is 2.00 bits per heavy atom. The Balaban J connectivity index is 1.59. The number of amides is 1. The molecule has 1 N–H and O–H groups in total. The van der Waals surface area contributed by atoms with Crippen LogP contribution in [0.4, 0.5) is 0 Å². The van der Waals surface area contributed by atoms with Crippen LogP contribution in [0.2, 0.25) is 0 Å². The molecule has 1 amide bonds. The molecular weight excluding hydrogens is 322 g/mol. The van der Waals surface area contributed by atoms with E-state index in [1.807, 2.05) is 30.5 Å². The second-order valence-electron chi connectivity index (χ2n) is 5.87. The number of nitrogens with one attached hydrogen (secondary N) is 1. The molecule has 0 radical (unpaired) electrons. The van der Waals surface area contributed by atoms with Crippen molar-refractivity contribution in [3.63, 3.8) is 0 Å². The highest BCUT2D eigenvalue weighted by Gasteiger charge is 2.13. The molecule has 1 aromatic carbocycles. The van der Waals surface area contributed by atoms with Crippen LogP contribution in [0.25, 0.3) is 0 Å². The molecule has 0 unspecified atom stereocenters. The van der Waals surface area contributed by atoms with Gasteiger partial charge >= 0.3 is 0 Å². The Morgan fingerprint density at radius 1 is 1.25 bits per heavy atom. The second kappa shape index (κ2) is 7.66. The fourth-order valence-electron chi connectivity index (χ4n) is 2.88. The largest absolute Gasteiger partial charge is 0.350 e. The third kappa shape index (κ3) is 3.87. The fraction of sp³-hybridized carbons (Fsp3) is 0.389. The lowest BCUT2D eigenvalue weighted by molar-refractivity contribution is 0.0951. The first-order chi connectivity index (χ1) is 11.7. The first-order valence-corrected chi connectivity index (χ1v) is 9.42. The van der Waals surface area contributed by atoms with Crippen molar-refractivity contribution >= 4 is 17.7 Å². The Hall–Kier alpha value is -2.08. The maximum atomic E-state index is 12.1. The van der Waals surface area contributed by atoms with E-state index in [-0.39, 0.29) is 11.5 Å². The minimum Gasteiger partial charge on any atom is -0.350 e.